The quantitative estimate of drug-likeness (QED) is 0.919. The third-order valence-corrected chi connectivity index (χ3v) is 5.06. The molecule has 0 aromatic carbocycles. The van der Waals surface area contributed by atoms with Crippen LogP contribution in [0.4, 0.5) is 0 Å². The summed E-state index contributed by atoms with van der Waals surface area (Å²) in [5.41, 5.74) is 0.600. The Bertz CT molecular complexity index is 503. The summed E-state index contributed by atoms with van der Waals surface area (Å²) in [7, 11) is 0. The van der Waals surface area contributed by atoms with Crippen LogP contribution in [0.5, 0.6) is 0 Å². The Labute approximate surface area is 139 Å². The molecule has 0 unspecified atom stereocenters. The summed E-state index contributed by atoms with van der Waals surface area (Å²) in [5, 5.41) is 10.8. The number of rotatable bonds is 4. The van der Waals surface area contributed by atoms with Crippen molar-refractivity contribution in [1.29, 1.82) is 0 Å². The summed E-state index contributed by atoms with van der Waals surface area (Å²) in [5.74, 6) is 1.25. The number of β-amino-alcohol motifs (C(OH)–C–C–N with tert-alkyl or cyclic N) is 1. The number of aryl methyl sites for hydroxylation is 1. The van der Waals surface area contributed by atoms with Crippen LogP contribution < -0.4 is 0 Å². The maximum Gasteiger partial charge on any atom is 0.125 e. The van der Waals surface area contributed by atoms with Gasteiger partial charge < -0.3 is 9.84 Å². The zero-order chi connectivity index (χ0) is 16.1. The predicted octanol–water partition coefficient (Wildman–Crippen LogP) is 1.97. The van der Waals surface area contributed by atoms with Crippen molar-refractivity contribution < 1.29 is 9.84 Å². The van der Waals surface area contributed by atoms with E-state index >= 15 is 0 Å². The van der Waals surface area contributed by atoms with Gasteiger partial charge in [0, 0.05) is 37.4 Å². The molecule has 2 aliphatic rings. The molecule has 1 aliphatic heterocycles. The van der Waals surface area contributed by atoms with E-state index in [1.165, 1.54) is 6.42 Å². The van der Waals surface area contributed by atoms with Crippen LogP contribution in [0.2, 0.25) is 0 Å². The van der Waals surface area contributed by atoms with E-state index in [9.17, 15) is 5.11 Å². The van der Waals surface area contributed by atoms with Crippen molar-refractivity contribution >= 4 is 0 Å². The fourth-order valence-electron chi connectivity index (χ4n) is 3.92. The van der Waals surface area contributed by atoms with Crippen molar-refractivity contribution in [3.63, 3.8) is 0 Å². The summed E-state index contributed by atoms with van der Waals surface area (Å²) >= 11 is 0. The van der Waals surface area contributed by atoms with E-state index in [1.54, 1.807) is 0 Å². The molecule has 0 bridgehead atoms. The Kier molecular flexibility index (Phi) is 5.62. The minimum absolute atomic E-state index is 0.430. The normalized spacial score (nSPS) is 25.9. The van der Waals surface area contributed by atoms with E-state index < -0.39 is 5.60 Å². The van der Waals surface area contributed by atoms with Crippen LogP contribution in [0.15, 0.2) is 12.3 Å². The van der Waals surface area contributed by atoms with Crippen molar-refractivity contribution in [2.75, 3.05) is 32.8 Å². The Balaban J connectivity index is 1.59. The van der Waals surface area contributed by atoms with Crippen LogP contribution >= 0.6 is 0 Å². The SMILES string of the molecule is Cc1nccc(C[C@H]2COCCN(CC3(O)CCCCC3)C2)n1. The van der Waals surface area contributed by atoms with Gasteiger partial charge in [0.05, 0.1) is 18.8 Å². The van der Waals surface area contributed by atoms with Crippen molar-refractivity contribution in [2.45, 2.75) is 51.0 Å². The Morgan fingerprint density at radius 3 is 2.96 bits per heavy atom. The molecule has 128 valence electrons. The van der Waals surface area contributed by atoms with Crippen molar-refractivity contribution in [1.82, 2.24) is 14.9 Å². The molecule has 1 saturated carbocycles. The highest BCUT2D eigenvalue weighted by atomic mass is 16.5. The van der Waals surface area contributed by atoms with E-state index in [1.807, 2.05) is 19.2 Å². The van der Waals surface area contributed by atoms with Gasteiger partial charge >= 0.3 is 0 Å². The molecule has 1 aliphatic carbocycles. The lowest BCUT2D eigenvalue weighted by atomic mass is 9.84. The molecule has 23 heavy (non-hydrogen) atoms. The van der Waals surface area contributed by atoms with E-state index in [0.29, 0.717) is 5.92 Å². The Hall–Kier alpha value is -1.04. The Morgan fingerprint density at radius 1 is 1.35 bits per heavy atom. The first-order chi connectivity index (χ1) is 11.1. The summed E-state index contributed by atoms with van der Waals surface area (Å²) in [6, 6.07) is 2.00. The molecule has 2 fully saturated rings. The lowest BCUT2D eigenvalue weighted by Crippen LogP contribution is -2.46. The number of hydrogen-bond acceptors (Lipinski definition) is 5. The fourth-order valence-corrected chi connectivity index (χ4v) is 3.92. The van der Waals surface area contributed by atoms with Crippen LogP contribution in [-0.2, 0) is 11.2 Å². The molecule has 0 radical (unpaired) electrons. The van der Waals surface area contributed by atoms with Gasteiger partial charge in [-0.05, 0) is 32.3 Å². The number of nitrogens with zero attached hydrogens (tertiary/aromatic N) is 3. The first-order valence-electron chi connectivity index (χ1n) is 8.94. The van der Waals surface area contributed by atoms with Gasteiger partial charge in [0.25, 0.3) is 0 Å². The molecule has 0 amide bonds. The van der Waals surface area contributed by atoms with Crippen LogP contribution in [0.1, 0.15) is 43.6 Å². The zero-order valence-corrected chi connectivity index (χ0v) is 14.2. The fraction of sp³-hybridized carbons (Fsp3) is 0.778. The molecule has 1 saturated heterocycles. The lowest BCUT2D eigenvalue weighted by molar-refractivity contribution is -0.0276. The minimum Gasteiger partial charge on any atom is -0.389 e. The third kappa shape index (κ3) is 4.96. The van der Waals surface area contributed by atoms with Crippen LogP contribution in [-0.4, -0.2) is 58.4 Å². The van der Waals surface area contributed by atoms with Crippen LogP contribution in [0.3, 0.4) is 0 Å². The molecular weight excluding hydrogens is 290 g/mol. The molecule has 1 atom stereocenters. The van der Waals surface area contributed by atoms with E-state index in [0.717, 1.165) is 76.5 Å². The second-order valence-electron chi connectivity index (χ2n) is 7.26. The van der Waals surface area contributed by atoms with Gasteiger partial charge in [0.1, 0.15) is 5.82 Å². The van der Waals surface area contributed by atoms with Crippen molar-refractivity contribution in [2.24, 2.45) is 5.92 Å². The zero-order valence-electron chi connectivity index (χ0n) is 14.2. The highest BCUT2D eigenvalue weighted by Crippen LogP contribution is 2.29. The Morgan fingerprint density at radius 2 is 2.17 bits per heavy atom. The van der Waals surface area contributed by atoms with E-state index in [-0.39, 0.29) is 0 Å². The summed E-state index contributed by atoms with van der Waals surface area (Å²) in [6.45, 7) is 6.15. The van der Waals surface area contributed by atoms with Crippen LogP contribution in [0, 0.1) is 12.8 Å². The van der Waals surface area contributed by atoms with Gasteiger partial charge in [-0.15, -0.1) is 0 Å². The first kappa shape index (κ1) is 16.8. The standard InChI is InChI=1S/C18H29N3O2/c1-15-19-8-5-17(20-15)11-16-12-21(9-10-23-13-16)14-18(22)6-3-2-4-7-18/h5,8,16,22H,2-4,6-7,9-14H2,1H3/t16-/m1/s1. The highest BCUT2D eigenvalue weighted by molar-refractivity contribution is 5.03. The maximum absolute atomic E-state index is 10.8. The molecule has 1 aromatic rings. The lowest BCUT2D eigenvalue weighted by Gasteiger charge is -2.37. The topological polar surface area (TPSA) is 58.5 Å². The molecule has 1 N–H and O–H groups in total. The van der Waals surface area contributed by atoms with Crippen molar-refractivity contribution in [3.05, 3.63) is 23.8 Å². The van der Waals surface area contributed by atoms with Gasteiger partial charge in [-0.25, -0.2) is 9.97 Å². The van der Waals surface area contributed by atoms with Crippen molar-refractivity contribution in [3.8, 4) is 0 Å². The second-order valence-corrected chi connectivity index (χ2v) is 7.26. The van der Waals surface area contributed by atoms with Crippen LogP contribution in [0.25, 0.3) is 0 Å². The number of hydrogen-bond donors (Lipinski definition) is 1. The molecule has 2 heterocycles. The van der Waals surface area contributed by atoms with Gasteiger partial charge in [-0.3, -0.25) is 4.90 Å². The number of ether oxygens (including phenoxy) is 1. The molecule has 0 spiro atoms. The third-order valence-electron chi connectivity index (χ3n) is 5.06. The molecule has 1 aromatic heterocycles. The van der Waals surface area contributed by atoms with E-state index in [2.05, 4.69) is 14.9 Å². The number of aromatic nitrogens is 2. The smallest absolute Gasteiger partial charge is 0.125 e. The molecular formula is C18H29N3O2. The minimum atomic E-state index is -0.487. The second kappa shape index (κ2) is 7.69. The van der Waals surface area contributed by atoms with Gasteiger partial charge in [-0.2, -0.15) is 0 Å². The largest absolute Gasteiger partial charge is 0.389 e. The molecule has 5 nitrogen and oxygen atoms in total. The van der Waals surface area contributed by atoms with Gasteiger partial charge in [-0.1, -0.05) is 19.3 Å². The van der Waals surface area contributed by atoms with E-state index in [4.69, 9.17) is 4.74 Å². The summed E-state index contributed by atoms with van der Waals surface area (Å²) in [4.78, 5) is 11.1. The highest BCUT2D eigenvalue weighted by Gasteiger charge is 2.32. The monoisotopic (exact) mass is 319 g/mol. The average molecular weight is 319 g/mol. The number of aliphatic hydroxyl groups is 1. The molecule has 5 heteroatoms. The predicted molar refractivity (Wildman–Crippen MR) is 89.3 cm³/mol. The van der Waals surface area contributed by atoms with Gasteiger partial charge in [0.2, 0.25) is 0 Å². The summed E-state index contributed by atoms with van der Waals surface area (Å²) in [6.07, 6.45) is 8.21. The average Bonchev–Trinajstić information content (AvgIpc) is 2.72. The molecule has 3 rings (SSSR count). The maximum atomic E-state index is 10.8. The summed E-state index contributed by atoms with van der Waals surface area (Å²) < 4.78 is 5.80. The van der Waals surface area contributed by atoms with Gasteiger partial charge in [0.15, 0.2) is 0 Å². The first-order valence-corrected chi connectivity index (χ1v) is 8.94.